The van der Waals surface area contributed by atoms with E-state index in [2.05, 4.69) is 42.6 Å². The Morgan fingerprint density at radius 3 is 2.88 bits per heavy atom. The van der Waals surface area contributed by atoms with Gasteiger partial charge in [0.2, 0.25) is 11.9 Å². The van der Waals surface area contributed by atoms with Crippen LogP contribution < -0.4 is 5.32 Å². The minimum absolute atomic E-state index is 0.330. The van der Waals surface area contributed by atoms with Crippen molar-refractivity contribution in [2.75, 3.05) is 11.9 Å². The highest BCUT2D eigenvalue weighted by molar-refractivity contribution is 5.95. The second-order valence-corrected chi connectivity index (χ2v) is 8.92. The second-order valence-electron chi connectivity index (χ2n) is 8.92. The van der Waals surface area contributed by atoms with E-state index in [0.29, 0.717) is 23.9 Å². The van der Waals surface area contributed by atoms with E-state index in [9.17, 15) is 4.79 Å². The molecule has 2 N–H and O–H groups in total. The van der Waals surface area contributed by atoms with Crippen molar-refractivity contribution in [3.8, 4) is 11.1 Å². The fourth-order valence-corrected chi connectivity index (χ4v) is 5.18. The average Bonchev–Trinajstić information content (AvgIpc) is 3.53. The van der Waals surface area contributed by atoms with E-state index in [1.54, 1.807) is 4.68 Å². The van der Waals surface area contributed by atoms with Crippen LogP contribution in [0.5, 0.6) is 0 Å². The number of anilines is 1. The van der Waals surface area contributed by atoms with Crippen molar-refractivity contribution in [3.63, 3.8) is 0 Å². The number of benzene rings is 1. The number of H-pyrrole nitrogens is 1. The highest BCUT2D eigenvalue weighted by Crippen LogP contribution is 2.31. The molecule has 4 heterocycles. The number of likely N-dealkylation sites (tertiary alicyclic amines) is 1. The molecule has 0 unspecified atom stereocenters. The van der Waals surface area contributed by atoms with Crippen LogP contribution in [0.4, 0.5) is 5.95 Å². The van der Waals surface area contributed by atoms with E-state index in [1.807, 2.05) is 25.5 Å². The largest absolute Gasteiger partial charge is 0.351 e. The molecule has 32 heavy (non-hydrogen) atoms. The third-order valence-electron chi connectivity index (χ3n) is 6.93. The molecule has 164 valence electrons. The Hall–Kier alpha value is -3.49. The smallest absolute Gasteiger partial charge is 0.224 e. The van der Waals surface area contributed by atoms with Crippen LogP contribution in [0.3, 0.4) is 0 Å². The molecule has 4 aromatic rings. The number of fused-ring (bicyclic) bond motifs is 2. The van der Waals surface area contributed by atoms with E-state index < -0.39 is 0 Å². The van der Waals surface area contributed by atoms with E-state index >= 15 is 0 Å². The summed E-state index contributed by atoms with van der Waals surface area (Å²) >= 11 is 0. The van der Waals surface area contributed by atoms with Crippen molar-refractivity contribution in [2.24, 2.45) is 7.05 Å². The molecule has 1 amide bonds. The van der Waals surface area contributed by atoms with Crippen molar-refractivity contribution in [1.82, 2.24) is 34.8 Å². The van der Waals surface area contributed by atoms with Crippen molar-refractivity contribution in [3.05, 3.63) is 30.6 Å². The van der Waals surface area contributed by atoms with E-state index in [1.165, 1.54) is 0 Å². The Morgan fingerprint density at radius 1 is 1.19 bits per heavy atom. The lowest BCUT2D eigenvalue weighted by molar-refractivity contribution is -0.130. The molecule has 0 radical (unpaired) electrons. The molecule has 0 atom stereocenters. The minimum Gasteiger partial charge on any atom is -0.351 e. The minimum atomic E-state index is 0.330. The summed E-state index contributed by atoms with van der Waals surface area (Å²) in [6.45, 7) is 0.931. The zero-order chi connectivity index (χ0) is 21.7. The van der Waals surface area contributed by atoms with Crippen LogP contribution in [-0.4, -0.2) is 59.4 Å². The normalized spacial score (nSPS) is 21.7. The van der Waals surface area contributed by atoms with E-state index in [-0.39, 0.29) is 0 Å². The Labute approximate surface area is 185 Å². The highest BCUT2D eigenvalue weighted by Gasteiger charge is 2.31. The molecule has 2 fully saturated rings. The molecule has 1 aromatic carbocycles. The maximum atomic E-state index is 12.0. The molecule has 1 saturated carbocycles. The highest BCUT2D eigenvalue weighted by atomic mass is 16.2. The fraction of sp³-hybridized carbons (Fsp3) is 0.435. The Balaban J connectivity index is 1.17. The summed E-state index contributed by atoms with van der Waals surface area (Å²) in [7, 11) is 1.89. The predicted molar refractivity (Wildman–Crippen MR) is 122 cm³/mol. The van der Waals surface area contributed by atoms with Gasteiger partial charge < -0.3 is 15.2 Å². The number of nitrogens with one attached hydrogen (secondary N) is 2. The van der Waals surface area contributed by atoms with Crippen LogP contribution in [0.2, 0.25) is 0 Å². The molecule has 9 heteroatoms. The summed E-state index contributed by atoms with van der Waals surface area (Å²) in [4.78, 5) is 26.7. The number of rotatable bonds is 4. The van der Waals surface area contributed by atoms with Crippen LogP contribution in [0.25, 0.3) is 33.2 Å². The van der Waals surface area contributed by atoms with Crippen LogP contribution in [0.1, 0.15) is 38.5 Å². The van der Waals surface area contributed by atoms with Gasteiger partial charge in [-0.2, -0.15) is 4.98 Å². The Kier molecular flexibility index (Phi) is 4.55. The van der Waals surface area contributed by atoms with Gasteiger partial charge in [0.1, 0.15) is 11.2 Å². The number of carbonyl (C=O) groups excluding carboxylic acids is 1. The molecule has 1 aliphatic carbocycles. The van der Waals surface area contributed by atoms with Gasteiger partial charge in [0, 0.05) is 55.4 Å². The van der Waals surface area contributed by atoms with Gasteiger partial charge in [-0.3, -0.25) is 4.79 Å². The number of aromatic amines is 1. The SMILES string of the molecule is Cn1nnc2ccc(-c3c[nH]c4nc(N[C@H]5CC[C@@H](N6CCCC6=O)CC5)ncc34)cc21. The maximum Gasteiger partial charge on any atom is 0.224 e. The summed E-state index contributed by atoms with van der Waals surface area (Å²) in [5.41, 5.74) is 4.82. The number of carbonyl (C=O) groups is 1. The summed E-state index contributed by atoms with van der Waals surface area (Å²) in [6.07, 6.45) is 9.75. The molecular weight excluding hydrogens is 404 g/mol. The third-order valence-corrected chi connectivity index (χ3v) is 6.93. The zero-order valence-corrected chi connectivity index (χ0v) is 18.1. The summed E-state index contributed by atoms with van der Waals surface area (Å²) in [5.74, 6) is 0.981. The lowest BCUT2D eigenvalue weighted by atomic mass is 9.90. The van der Waals surface area contributed by atoms with Gasteiger partial charge in [-0.05, 0) is 49.8 Å². The third kappa shape index (κ3) is 3.28. The number of aromatic nitrogens is 6. The number of hydrogen-bond acceptors (Lipinski definition) is 6. The molecule has 9 nitrogen and oxygen atoms in total. The Bertz CT molecular complexity index is 1300. The monoisotopic (exact) mass is 430 g/mol. The lowest BCUT2D eigenvalue weighted by Gasteiger charge is -2.34. The molecule has 1 saturated heterocycles. The molecule has 0 bridgehead atoms. The predicted octanol–water partition coefficient (Wildman–Crippen LogP) is 3.25. The van der Waals surface area contributed by atoms with Crippen molar-refractivity contribution < 1.29 is 4.79 Å². The number of amides is 1. The fourth-order valence-electron chi connectivity index (χ4n) is 5.18. The first-order chi connectivity index (χ1) is 15.7. The van der Waals surface area contributed by atoms with Gasteiger partial charge >= 0.3 is 0 Å². The molecular formula is C23H26N8O. The summed E-state index contributed by atoms with van der Waals surface area (Å²) < 4.78 is 1.78. The first kappa shape index (κ1) is 19.2. The summed E-state index contributed by atoms with van der Waals surface area (Å²) in [5, 5.41) is 12.7. The van der Waals surface area contributed by atoms with Gasteiger partial charge in [-0.25, -0.2) is 9.67 Å². The van der Waals surface area contributed by atoms with Crippen molar-refractivity contribution in [2.45, 2.75) is 50.6 Å². The molecule has 3 aromatic heterocycles. The second kappa shape index (κ2) is 7.58. The van der Waals surface area contributed by atoms with Crippen LogP contribution in [-0.2, 0) is 11.8 Å². The quantitative estimate of drug-likeness (QED) is 0.515. The van der Waals surface area contributed by atoms with Gasteiger partial charge in [-0.1, -0.05) is 11.3 Å². The Morgan fingerprint density at radius 2 is 2.06 bits per heavy atom. The van der Waals surface area contributed by atoms with Crippen LogP contribution in [0, 0.1) is 0 Å². The van der Waals surface area contributed by atoms with E-state index in [0.717, 1.165) is 78.3 Å². The van der Waals surface area contributed by atoms with Gasteiger partial charge in [-0.15, -0.1) is 5.10 Å². The standard InChI is InChI=1S/C23H26N8O/c1-30-20-11-14(4-9-19(20)28-29-30)17-12-24-22-18(17)13-25-23(27-22)26-15-5-7-16(8-6-15)31-10-2-3-21(31)32/h4,9,11-13,15-16H,2-3,5-8,10H2,1H3,(H2,24,25,26,27)/t15-,16+. The molecule has 1 aliphatic heterocycles. The molecule has 0 spiro atoms. The number of aryl methyl sites for hydroxylation is 1. The van der Waals surface area contributed by atoms with Gasteiger partial charge in [0.25, 0.3) is 0 Å². The molecule has 6 rings (SSSR count). The number of nitrogens with zero attached hydrogens (tertiary/aromatic N) is 6. The van der Waals surface area contributed by atoms with Crippen molar-refractivity contribution in [1.29, 1.82) is 0 Å². The van der Waals surface area contributed by atoms with Crippen molar-refractivity contribution >= 4 is 33.9 Å². The van der Waals surface area contributed by atoms with E-state index in [4.69, 9.17) is 4.98 Å². The first-order valence-electron chi connectivity index (χ1n) is 11.4. The van der Waals surface area contributed by atoms with Gasteiger partial charge in [0.05, 0.1) is 5.52 Å². The zero-order valence-electron chi connectivity index (χ0n) is 18.1. The topological polar surface area (TPSA) is 105 Å². The number of hydrogen-bond donors (Lipinski definition) is 2. The maximum absolute atomic E-state index is 12.0. The van der Waals surface area contributed by atoms with Gasteiger partial charge in [0.15, 0.2) is 0 Å². The summed E-state index contributed by atoms with van der Waals surface area (Å²) in [6, 6.07) is 6.88. The molecule has 2 aliphatic rings. The van der Waals surface area contributed by atoms with Crippen LogP contribution in [0.15, 0.2) is 30.6 Å². The van der Waals surface area contributed by atoms with Crippen LogP contribution >= 0.6 is 0 Å². The first-order valence-corrected chi connectivity index (χ1v) is 11.4. The average molecular weight is 431 g/mol. The lowest BCUT2D eigenvalue weighted by Crippen LogP contribution is -2.41.